The van der Waals surface area contributed by atoms with Gasteiger partial charge in [0, 0.05) is 23.2 Å². The van der Waals surface area contributed by atoms with Crippen LogP contribution in [0.4, 0.5) is 5.69 Å². The van der Waals surface area contributed by atoms with E-state index in [0.29, 0.717) is 6.54 Å². The third kappa shape index (κ3) is 2.85. The summed E-state index contributed by atoms with van der Waals surface area (Å²) in [7, 11) is 0. The molecular weight excluding hydrogens is 324 g/mol. The summed E-state index contributed by atoms with van der Waals surface area (Å²) in [6.45, 7) is 3.85. The average molecular weight is 345 g/mol. The number of fused-ring (bicyclic) bond motifs is 1. The zero-order valence-electron chi connectivity index (χ0n) is 12.3. The van der Waals surface area contributed by atoms with E-state index in [1.807, 2.05) is 0 Å². The summed E-state index contributed by atoms with van der Waals surface area (Å²) in [6, 6.07) is 15.4. The molecule has 0 amide bonds. The van der Waals surface area contributed by atoms with Crippen molar-refractivity contribution < 1.29 is 0 Å². The zero-order chi connectivity index (χ0) is 14.8. The minimum Gasteiger partial charge on any atom is -0.363 e. The van der Waals surface area contributed by atoms with E-state index in [0.717, 1.165) is 11.0 Å². The maximum absolute atomic E-state index is 6.13. The van der Waals surface area contributed by atoms with Crippen LogP contribution in [0.3, 0.4) is 0 Å². The molecule has 1 aliphatic rings. The van der Waals surface area contributed by atoms with Gasteiger partial charge in [-0.1, -0.05) is 51.8 Å². The summed E-state index contributed by atoms with van der Waals surface area (Å²) in [5.41, 5.74) is 11.5. The lowest BCUT2D eigenvalue weighted by atomic mass is 9.96. The van der Waals surface area contributed by atoms with Crippen molar-refractivity contribution in [2.75, 3.05) is 18.0 Å². The first-order chi connectivity index (χ1) is 10.2. The van der Waals surface area contributed by atoms with Gasteiger partial charge in [0.1, 0.15) is 0 Å². The Kier molecular flexibility index (Phi) is 4.32. The molecule has 1 aliphatic heterocycles. The number of hydrogen-bond acceptors (Lipinski definition) is 2. The topological polar surface area (TPSA) is 29.3 Å². The molecule has 110 valence electrons. The normalized spacial score (nSPS) is 15.7. The van der Waals surface area contributed by atoms with Crippen molar-refractivity contribution in [2.45, 2.75) is 25.8 Å². The molecule has 0 saturated heterocycles. The van der Waals surface area contributed by atoms with Gasteiger partial charge in [-0.3, -0.25) is 0 Å². The molecule has 0 aliphatic carbocycles. The molecule has 2 N–H and O–H groups in total. The number of nitrogens with two attached hydrogens (primary N) is 1. The highest BCUT2D eigenvalue weighted by Crippen LogP contribution is 2.36. The third-order valence-corrected chi connectivity index (χ3v) is 4.98. The van der Waals surface area contributed by atoms with Gasteiger partial charge in [0.05, 0.1) is 6.04 Å². The molecule has 0 fully saturated rings. The highest BCUT2D eigenvalue weighted by molar-refractivity contribution is 9.10. The van der Waals surface area contributed by atoms with Gasteiger partial charge >= 0.3 is 0 Å². The van der Waals surface area contributed by atoms with Crippen molar-refractivity contribution in [1.82, 2.24) is 0 Å². The lowest BCUT2D eigenvalue weighted by Crippen LogP contribution is -2.37. The van der Waals surface area contributed by atoms with E-state index < -0.39 is 0 Å². The summed E-state index contributed by atoms with van der Waals surface area (Å²) in [5.74, 6) is 0. The van der Waals surface area contributed by atoms with Gasteiger partial charge in [-0.2, -0.15) is 0 Å². The standard InChI is InChI=1S/C18H21BrN2/c1-13-8-9-17-14(11-13)5-4-10-21(17)18(12-20)15-6-2-3-7-16(15)19/h2-3,6-9,11,18H,4-5,10,12,20H2,1H3. The molecule has 1 unspecified atom stereocenters. The Morgan fingerprint density at radius 3 is 2.81 bits per heavy atom. The van der Waals surface area contributed by atoms with Crippen molar-refractivity contribution >= 4 is 21.6 Å². The summed E-state index contributed by atoms with van der Waals surface area (Å²) in [5, 5.41) is 0. The SMILES string of the molecule is Cc1ccc2c(c1)CCCN2C(CN)c1ccccc1Br. The smallest absolute Gasteiger partial charge is 0.0675 e. The van der Waals surface area contributed by atoms with Crippen LogP contribution in [-0.4, -0.2) is 13.1 Å². The second kappa shape index (κ2) is 6.20. The lowest BCUT2D eigenvalue weighted by Gasteiger charge is -2.38. The van der Waals surface area contributed by atoms with Gasteiger partial charge in [0.25, 0.3) is 0 Å². The molecule has 2 nitrogen and oxygen atoms in total. The molecular formula is C18H21BrN2. The van der Waals surface area contributed by atoms with E-state index in [2.05, 4.69) is 70.2 Å². The highest BCUT2D eigenvalue weighted by atomic mass is 79.9. The number of aryl methyl sites for hydroxylation is 2. The van der Waals surface area contributed by atoms with Crippen molar-refractivity contribution in [2.24, 2.45) is 5.73 Å². The molecule has 0 radical (unpaired) electrons. The molecule has 0 spiro atoms. The van der Waals surface area contributed by atoms with Crippen molar-refractivity contribution in [3.63, 3.8) is 0 Å². The second-order valence-electron chi connectivity index (χ2n) is 5.70. The molecule has 1 atom stereocenters. The quantitative estimate of drug-likeness (QED) is 0.903. The summed E-state index contributed by atoms with van der Waals surface area (Å²) < 4.78 is 1.14. The fraction of sp³-hybridized carbons (Fsp3) is 0.333. The molecule has 0 saturated carbocycles. The summed E-state index contributed by atoms with van der Waals surface area (Å²) in [6.07, 6.45) is 2.36. The Hall–Kier alpha value is -1.32. The van der Waals surface area contributed by atoms with E-state index in [-0.39, 0.29) is 6.04 Å². The summed E-state index contributed by atoms with van der Waals surface area (Å²) in [4.78, 5) is 2.47. The minimum absolute atomic E-state index is 0.224. The predicted octanol–water partition coefficient (Wildman–Crippen LogP) is 4.21. The fourth-order valence-electron chi connectivity index (χ4n) is 3.25. The predicted molar refractivity (Wildman–Crippen MR) is 92.8 cm³/mol. The first-order valence-electron chi connectivity index (χ1n) is 7.51. The van der Waals surface area contributed by atoms with Crippen molar-refractivity contribution in [1.29, 1.82) is 0 Å². The van der Waals surface area contributed by atoms with E-state index >= 15 is 0 Å². The maximum Gasteiger partial charge on any atom is 0.0675 e. The highest BCUT2D eigenvalue weighted by Gasteiger charge is 2.25. The Labute approximate surface area is 135 Å². The van der Waals surface area contributed by atoms with Crippen LogP contribution in [-0.2, 0) is 6.42 Å². The van der Waals surface area contributed by atoms with Gasteiger partial charge in [-0.05, 0) is 43.0 Å². The van der Waals surface area contributed by atoms with Crippen LogP contribution >= 0.6 is 15.9 Å². The first-order valence-corrected chi connectivity index (χ1v) is 8.30. The van der Waals surface area contributed by atoms with Crippen LogP contribution in [0.25, 0.3) is 0 Å². The first kappa shape index (κ1) is 14.6. The van der Waals surface area contributed by atoms with Crippen molar-refractivity contribution in [3.05, 3.63) is 63.6 Å². The van der Waals surface area contributed by atoms with Crippen LogP contribution in [0.2, 0.25) is 0 Å². The van der Waals surface area contributed by atoms with Gasteiger partial charge in [0.15, 0.2) is 0 Å². The lowest BCUT2D eigenvalue weighted by molar-refractivity contribution is 0.586. The van der Waals surface area contributed by atoms with E-state index in [9.17, 15) is 0 Å². The summed E-state index contributed by atoms with van der Waals surface area (Å²) >= 11 is 3.67. The van der Waals surface area contributed by atoms with Gasteiger partial charge in [-0.25, -0.2) is 0 Å². The molecule has 0 aromatic heterocycles. The van der Waals surface area contributed by atoms with E-state index in [4.69, 9.17) is 5.73 Å². The molecule has 3 heteroatoms. The van der Waals surface area contributed by atoms with Crippen LogP contribution in [0.5, 0.6) is 0 Å². The maximum atomic E-state index is 6.13. The van der Waals surface area contributed by atoms with E-state index in [1.165, 1.54) is 35.2 Å². The largest absolute Gasteiger partial charge is 0.363 e. The third-order valence-electron chi connectivity index (χ3n) is 4.25. The van der Waals surface area contributed by atoms with Gasteiger partial charge in [0.2, 0.25) is 0 Å². The number of rotatable bonds is 3. The number of hydrogen-bond donors (Lipinski definition) is 1. The molecule has 0 bridgehead atoms. The zero-order valence-corrected chi connectivity index (χ0v) is 13.9. The van der Waals surface area contributed by atoms with Gasteiger partial charge < -0.3 is 10.6 Å². The van der Waals surface area contributed by atoms with Crippen LogP contribution in [0.1, 0.15) is 29.2 Å². The molecule has 21 heavy (non-hydrogen) atoms. The Morgan fingerprint density at radius 1 is 1.24 bits per heavy atom. The van der Waals surface area contributed by atoms with Crippen LogP contribution in [0.15, 0.2) is 46.9 Å². The van der Waals surface area contributed by atoms with Gasteiger partial charge in [-0.15, -0.1) is 0 Å². The second-order valence-corrected chi connectivity index (χ2v) is 6.56. The van der Waals surface area contributed by atoms with Crippen molar-refractivity contribution in [3.8, 4) is 0 Å². The van der Waals surface area contributed by atoms with Crippen LogP contribution in [0, 0.1) is 6.92 Å². The number of halogens is 1. The monoisotopic (exact) mass is 344 g/mol. The number of nitrogens with zero attached hydrogens (tertiary/aromatic N) is 1. The number of anilines is 1. The van der Waals surface area contributed by atoms with Crippen LogP contribution < -0.4 is 10.6 Å². The fourth-order valence-corrected chi connectivity index (χ4v) is 3.80. The molecule has 2 aromatic carbocycles. The Balaban J connectivity index is 2.02. The Bertz CT molecular complexity index is 639. The van der Waals surface area contributed by atoms with E-state index in [1.54, 1.807) is 0 Å². The minimum atomic E-state index is 0.224. The average Bonchev–Trinajstić information content (AvgIpc) is 2.49. The molecule has 3 rings (SSSR count). The Morgan fingerprint density at radius 2 is 2.05 bits per heavy atom. The number of benzene rings is 2. The molecule has 1 heterocycles. The molecule has 2 aromatic rings.